The first kappa shape index (κ1) is 14.1. The zero-order chi connectivity index (χ0) is 14.0. The van der Waals surface area contributed by atoms with Gasteiger partial charge in [0.25, 0.3) is 0 Å². The van der Waals surface area contributed by atoms with Crippen LogP contribution in [0.5, 0.6) is 0 Å². The first-order chi connectivity index (χ1) is 9.02. The fraction of sp³-hybridized carbons (Fsp3) is 0.294. The Balaban J connectivity index is 2.46. The molecule has 0 aliphatic heterocycles. The van der Waals surface area contributed by atoms with E-state index in [2.05, 4.69) is 50.4 Å². The quantitative estimate of drug-likeness (QED) is 0.863. The molecule has 1 nitrogen and oxygen atoms in total. The van der Waals surface area contributed by atoms with E-state index in [4.69, 9.17) is 11.6 Å². The van der Waals surface area contributed by atoms with Crippen molar-refractivity contribution in [1.82, 2.24) is 5.32 Å². The lowest BCUT2D eigenvalue weighted by Gasteiger charge is -2.20. The molecule has 19 heavy (non-hydrogen) atoms. The van der Waals surface area contributed by atoms with Crippen molar-refractivity contribution in [2.75, 3.05) is 7.05 Å². The van der Waals surface area contributed by atoms with Crippen molar-refractivity contribution in [3.8, 4) is 0 Å². The van der Waals surface area contributed by atoms with Crippen LogP contribution in [0, 0.1) is 20.8 Å². The standard InChI is InChI=1S/C17H20ClN/c1-11-5-6-14(9-12(11)2)17(19-4)16-8-7-15(18)10-13(16)3/h5-10,17,19H,1-4H3. The van der Waals surface area contributed by atoms with E-state index in [0.717, 1.165) is 5.02 Å². The van der Waals surface area contributed by atoms with Gasteiger partial charge in [-0.15, -0.1) is 0 Å². The fourth-order valence-electron chi connectivity index (χ4n) is 2.41. The molecular formula is C17H20ClN. The summed E-state index contributed by atoms with van der Waals surface area (Å²) in [6, 6.07) is 12.9. The van der Waals surface area contributed by atoms with Crippen LogP contribution in [0.3, 0.4) is 0 Å². The summed E-state index contributed by atoms with van der Waals surface area (Å²) in [5, 5.41) is 4.19. The molecule has 0 amide bonds. The van der Waals surface area contributed by atoms with Crippen LogP contribution in [-0.2, 0) is 0 Å². The lowest BCUT2D eigenvalue weighted by molar-refractivity contribution is 0.687. The third kappa shape index (κ3) is 2.99. The van der Waals surface area contributed by atoms with Crippen LogP contribution in [0.15, 0.2) is 36.4 Å². The molecule has 0 aliphatic rings. The Morgan fingerprint density at radius 3 is 2.21 bits per heavy atom. The molecule has 0 aromatic heterocycles. The molecule has 0 heterocycles. The number of rotatable bonds is 3. The Bertz CT molecular complexity index is 590. The summed E-state index contributed by atoms with van der Waals surface area (Å²) >= 11 is 6.04. The van der Waals surface area contributed by atoms with Crippen LogP contribution in [0.2, 0.25) is 5.02 Å². The minimum Gasteiger partial charge on any atom is -0.309 e. The molecule has 0 aliphatic carbocycles. The average Bonchev–Trinajstić information content (AvgIpc) is 2.37. The van der Waals surface area contributed by atoms with E-state index in [1.54, 1.807) is 0 Å². The molecule has 100 valence electrons. The van der Waals surface area contributed by atoms with Gasteiger partial charge in [0.1, 0.15) is 0 Å². The van der Waals surface area contributed by atoms with Gasteiger partial charge in [-0.25, -0.2) is 0 Å². The van der Waals surface area contributed by atoms with Crippen molar-refractivity contribution >= 4 is 11.6 Å². The topological polar surface area (TPSA) is 12.0 Å². The molecule has 0 fully saturated rings. The first-order valence-electron chi connectivity index (χ1n) is 6.53. The monoisotopic (exact) mass is 273 g/mol. The highest BCUT2D eigenvalue weighted by Gasteiger charge is 2.14. The summed E-state index contributed by atoms with van der Waals surface area (Å²) in [7, 11) is 1.99. The third-order valence-electron chi connectivity index (χ3n) is 3.70. The van der Waals surface area contributed by atoms with Crippen LogP contribution in [0.1, 0.15) is 33.9 Å². The zero-order valence-electron chi connectivity index (χ0n) is 11.9. The molecule has 2 aromatic rings. The van der Waals surface area contributed by atoms with Gasteiger partial charge < -0.3 is 5.32 Å². The van der Waals surface area contributed by atoms with Crippen molar-refractivity contribution in [3.63, 3.8) is 0 Å². The highest BCUT2D eigenvalue weighted by Crippen LogP contribution is 2.27. The van der Waals surface area contributed by atoms with E-state index < -0.39 is 0 Å². The van der Waals surface area contributed by atoms with Gasteiger partial charge in [-0.3, -0.25) is 0 Å². The van der Waals surface area contributed by atoms with Crippen molar-refractivity contribution in [3.05, 3.63) is 69.2 Å². The average molecular weight is 274 g/mol. The first-order valence-corrected chi connectivity index (χ1v) is 6.91. The number of benzene rings is 2. The maximum absolute atomic E-state index is 6.04. The highest BCUT2D eigenvalue weighted by atomic mass is 35.5. The minimum absolute atomic E-state index is 0.205. The van der Waals surface area contributed by atoms with Crippen LogP contribution >= 0.6 is 11.6 Å². The number of hydrogen-bond acceptors (Lipinski definition) is 1. The van der Waals surface area contributed by atoms with E-state index in [0.29, 0.717) is 0 Å². The molecule has 0 spiro atoms. The number of aryl methyl sites for hydroxylation is 3. The van der Waals surface area contributed by atoms with Crippen molar-refractivity contribution in [2.24, 2.45) is 0 Å². The van der Waals surface area contributed by atoms with Gasteiger partial charge in [0, 0.05) is 5.02 Å². The minimum atomic E-state index is 0.205. The molecule has 0 saturated heterocycles. The van der Waals surface area contributed by atoms with Crippen LogP contribution in [0.4, 0.5) is 0 Å². The number of halogens is 1. The molecule has 2 rings (SSSR count). The molecule has 0 radical (unpaired) electrons. The van der Waals surface area contributed by atoms with Gasteiger partial charge in [0.05, 0.1) is 6.04 Å². The molecule has 1 N–H and O–H groups in total. The van der Waals surface area contributed by atoms with Crippen LogP contribution in [0.25, 0.3) is 0 Å². The Morgan fingerprint density at radius 2 is 1.63 bits per heavy atom. The highest BCUT2D eigenvalue weighted by molar-refractivity contribution is 6.30. The second-order valence-corrected chi connectivity index (χ2v) is 5.50. The molecule has 1 unspecified atom stereocenters. The predicted octanol–water partition coefficient (Wildman–Crippen LogP) is 4.57. The van der Waals surface area contributed by atoms with Crippen LogP contribution in [-0.4, -0.2) is 7.05 Å². The smallest absolute Gasteiger partial charge is 0.0577 e. The maximum atomic E-state index is 6.04. The Kier molecular flexibility index (Phi) is 4.28. The largest absolute Gasteiger partial charge is 0.309 e. The van der Waals surface area contributed by atoms with Crippen molar-refractivity contribution < 1.29 is 0 Å². The van der Waals surface area contributed by atoms with Crippen molar-refractivity contribution in [2.45, 2.75) is 26.8 Å². The van der Waals surface area contributed by atoms with Gasteiger partial charge in [0.2, 0.25) is 0 Å². The van der Waals surface area contributed by atoms with E-state index in [9.17, 15) is 0 Å². The van der Waals surface area contributed by atoms with E-state index in [-0.39, 0.29) is 6.04 Å². The third-order valence-corrected chi connectivity index (χ3v) is 3.93. The molecule has 1 atom stereocenters. The van der Waals surface area contributed by atoms with Gasteiger partial charge in [-0.05, 0) is 67.8 Å². The summed E-state index contributed by atoms with van der Waals surface area (Å²) in [5.74, 6) is 0. The van der Waals surface area contributed by atoms with E-state index in [1.807, 2.05) is 19.2 Å². The lowest BCUT2D eigenvalue weighted by Crippen LogP contribution is -2.18. The van der Waals surface area contributed by atoms with Crippen molar-refractivity contribution in [1.29, 1.82) is 0 Å². The normalized spacial score (nSPS) is 12.5. The molecule has 0 saturated carbocycles. The van der Waals surface area contributed by atoms with E-state index >= 15 is 0 Å². The predicted molar refractivity (Wildman–Crippen MR) is 83.0 cm³/mol. The summed E-state index contributed by atoms with van der Waals surface area (Å²) in [6.45, 7) is 6.40. The SMILES string of the molecule is CNC(c1ccc(C)c(C)c1)c1ccc(Cl)cc1C. The van der Waals surface area contributed by atoms with Gasteiger partial charge >= 0.3 is 0 Å². The summed E-state index contributed by atoms with van der Waals surface area (Å²) in [4.78, 5) is 0. The molecular weight excluding hydrogens is 254 g/mol. The number of nitrogens with one attached hydrogen (secondary N) is 1. The maximum Gasteiger partial charge on any atom is 0.0577 e. The summed E-state index contributed by atoms with van der Waals surface area (Å²) < 4.78 is 0. The van der Waals surface area contributed by atoms with Gasteiger partial charge in [0.15, 0.2) is 0 Å². The number of hydrogen-bond donors (Lipinski definition) is 1. The summed E-state index contributed by atoms with van der Waals surface area (Å²) in [5.41, 5.74) is 6.42. The Hall–Kier alpha value is -1.31. The van der Waals surface area contributed by atoms with Gasteiger partial charge in [-0.2, -0.15) is 0 Å². The summed E-state index contributed by atoms with van der Waals surface area (Å²) in [6.07, 6.45) is 0. The van der Waals surface area contributed by atoms with Crippen LogP contribution < -0.4 is 5.32 Å². The zero-order valence-corrected chi connectivity index (χ0v) is 12.7. The fourth-order valence-corrected chi connectivity index (χ4v) is 2.64. The molecule has 0 bridgehead atoms. The molecule has 2 heteroatoms. The van der Waals surface area contributed by atoms with Gasteiger partial charge in [-0.1, -0.05) is 35.9 Å². The lowest BCUT2D eigenvalue weighted by atomic mass is 9.93. The Morgan fingerprint density at radius 1 is 0.895 bits per heavy atom. The van der Waals surface area contributed by atoms with E-state index in [1.165, 1.54) is 27.8 Å². The second kappa shape index (κ2) is 5.77. The molecule has 2 aromatic carbocycles. The second-order valence-electron chi connectivity index (χ2n) is 5.07. The Labute approximate surface area is 120 Å².